The van der Waals surface area contributed by atoms with Crippen LogP contribution in [0.5, 0.6) is 5.75 Å². The molecule has 3 aliphatic rings. The van der Waals surface area contributed by atoms with Gasteiger partial charge in [-0.3, -0.25) is 9.59 Å². The van der Waals surface area contributed by atoms with Gasteiger partial charge in [0.25, 0.3) is 0 Å². The molecule has 186 valence electrons. The van der Waals surface area contributed by atoms with E-state index in [1.165, 1.54) is 37.5 Å². The third-order valence-electron chi connectivity index (χ3n) is 8.06. The van der Waals surface area contributed by atoms with Crippen LogP contribution in [0.25, 0.3) is 0 Å². The van der Waals surface area contributed by atoms with Gasteiger partial charge < -0.3 is 19.5 Å². The fourth-order valence-electron chi connectivity index (χ4n) is 5.93. The van der Waals surface area contributed by atoms with Crippen LogP contribution in [-0.2, 0) is 26.2 Å². The third-order valence-corrected chi connectivity index (χ3v) is 8.30. The molecule has 7 heteroatoms. The predicted octanol–water partition coefficient (Wildman–Crippen LogP) is 5.34. The first-order valence-electron chi connectivity index (χ1n) is 12.5. The Labute approximate surface area is 211 Å². The maximum absolute atomic E-state index is 12.0. The van der Waals surface area contributed by atoms with Crippen molar-refractivity contribution in [1.82, 2.24) is 0 Å². The summed E-state index contributed by atoms with van der Waals surface area (Å²) in [6.45, 7) is 2.29. The smallest absolute Gasteiger partial charge is 0.311 e. The number of carbonyl (C=O) groups is 2. The monoisotopic (exact) mass is 497 g/mol. The van der Waals surface area contributed by atoms with Gasteiger partial charge in [0, 0.05) is 23.5 Å². The van der Waals surface area contributed by atoms with Crippen LogP contribution >= 0.6 is 11.6 Å². The summed E-state index contributed by atoms with van der Waals surface area (Å²) in [5, 5.41) is 10.6. The van der Waals surface area contributed by atoms with Gasteiger partial charge in [0.1, 0.15) is 5.75 Å². The average Bonchev–Trinajstić information content (AvgIpc) is 2.96. The molecular weight excluding hydrogens is 466 g/mol. The highest BCUT2D eigenvalue weighted by Crippen LogP contribution is 2.46. The molecule has 2 aromatic rings. The van der Waals surface area contributed by atoms with Gasteiger partial charge in [0.05, 0.1) is 31.7 Å². The first-order chi connectivity index (χ1) is 16.9. The molecule has 5 rings (SSSR count). The second-order valence-electron chi connectivity index (χ2n) is 10.3. The molecule has 1 unspecified atom stereocenters. The van der Waals surface area contributed by atoms with E-state index in [1.807, 2.05) is 18.2 Å². The lowest BCUT2D eigenvalue weighted by Crippen LogP contribution is -2.47. The number of aryl methyl sites for hydroxylation is 1. The number of carboxylic acid groups (broad SMARTS) is 1. The van der Waals surface area contributed by atoms with Gasteiger partial charge in [0.2, 0.25) is 0 Å². The molecule has 35 heavy (non-hydrogen) atoms. The number of halogens is 1. The summed E-state index contributed by atoms with van der Waals surface area (Å²) in [4.78, 5) is 26.4. The lowest BCUT2D eigenvalue weighted by Gasteiger charge is -2.42. The molecule has 2 aliphatic carbocycles. The van der Waals surface area contributed by atoms with Crippen molar-refractivity contribution in [2.75, 3.05) is 31.7 Å². The second kappa shape index (κ2) is 9.73. The van der Waals surface area contributed by atoms with Crippen LogP contribution in [0.4, 0.5) is 5.69 Å². The van der Waals surface area contributed by atoms with Crippen LogP contribution in [-0.4, -0.2) is 43.9 Å². The average molecular weight is 498 g/mol. The molecule has 6 nitrogen and oxygen atoms in total. The molecular formula is C28H32ClNO5. The number of ether oxygens (including phenoxy) is 2. The SMILES string of the molecule is COC(=O)CC(C(=O)O)c1ccc2c(c1)N(CC1CCC1)C[C@@]1(CCCc3cc(Cl)ccc31)CO2. The molecule has 0 radical (unpaired) electrons. The Morgan fingerprint density at radius 3 is 2.77 bits per heavy atom. The molecule has 2 aromatic carbocycles. The molecule has 1 saturated carbocycles. The van der Waals surface area contributed by atoms with Crippen molar-refractivity contribution in [2.45, 2.75) is 56.3 Å². The van der Waals surface area contributed by atoms with E-state index in [0.717, 1.165) is 48.8 Å². The minimum Gasteiger partial charge on any atom is -0.490 e. The summed E-state index contributed by atoms with van der Waals surface area (Å²) in [5.41, 5.74) is 3.97. The van der Waals surface area contributed by atoms with Crippen molar-refractivity contribution >= 4 is 29.2 Å². The van der Waals surface area contributed by atoms with Gasteiger partial charge in [-0.2, -0.15) is 0 Å². The first kappa shape index (κ1) is 24.0. The van der Waals surface area contributed by atoms with E-state index in [9.17, 15) is 14.7 Å². The number of methoxy groups -OCH3 is 1. The molecule has 0 bridgehead atoms. The highest BCUT2D eigenvalue weighted by atomic mass is 35.5. The van der Waals surface area contributed by atoms with Gasteiger partial charge in [-0.25, -0.2) is 0 Å². The predicted molar refractivity (Wildman–Crippen MR) is 135 cm³/mol. The van der Waals surface area contributed by atoms with Crippen molar-refractivity contribution in [1.29, 1.82) is 0 Å². The Morgan fingerprint density at radius 2 is 2.06 bits per heavy atom. The molecule has 1 N–H and O–H groups in total. The largest absolute Gasteiger partial charge is 0.490 e. The second-order valence-corrected chi connectivity index (χ2v) is 10.7. The number of carbonyl (C=O) groups excluding carboxylic acids is 1. The number of anilines is 1. The standard InChI is InChI=1S/C28H32ClNO5/c1-34-26(31)14-22(27(32)33)19-7-10-25-24(13-19)30(15-18-4-2-5-18)16-28(17-35-25)11-3-6-20-12-21(29)8-9-23(20)28/h7-10,12-13,18,22H,2-6,11,14-17H2,1H3,(H,32,33)/t22?,28-/m0/s1. The van der Waals surface area contributed by atoms with Crippen molar-refractivity contribution in [3.8, 4) is 5.75 Å². The lowest BCUT2D eigenvalue weighted by molar-refractivity contribution is -0.147. The molecule has 1 aliphatic heterocycles. The van der Waals surface area contributed by atoms with Crippen molar-refractivity contribution in [3.63, 3.8) is 0 Å². The number of aliphatic carboxylic acids is 1. The molecule has 1 heterocycles. The minimum absolute atomic E-state index is 0.153. The first-order valence-corrected chi connectivity index (χ1v) is 12.9. The number of esters is 1. The number of hydrogen-bond donors (Lipinski definition) is 1. The van der Waals surface area contributed by atoms with E-state index in [2.05, 4.69) is 17.0 Å². The van der Waals surface area contributed by atoms with Crippen LogP contribution in [0.3, 0.4) is 0 Å². The van der Waals surface area contributed by atoms with Crippen molar-refractivity contribution in [2.24, 2.45) is 5.92 Å². The van der Waals surface area contributed by atoms with E-state index in [4.69, 9.17) is 21.1 Å². The summed E-state index contributed by atoms with van der Waals surface area (Å²) in [5.74, 6) is -1.14. The van der Waals surface area contributed by atoms with Crippen molar-refractivity contribution in [3.05, 3.63) is 58.1 Å². The van der Waals surface area contributed by atoms with Crippen LogP contribution in [0.2, 0.25) is 5.02 Å². The summed E-state index contributed by atoms with van der Waals surface area (Å²) >= 11 is 6.33. The highest BCUT2D eigenvalue weighted by molar-refractivity contribution is 6.30. The Morgan fingerprint density at radius 1 is 1.23 bits per heavy atom. The maximum atomic E-state index is 12.0. The van der Waals surface area contributed by atoms with E-state index in [-0.39, 0.29) is 11.8 Å². The van der Waals surface area contributed by atoms with E-state index < -0.39 is 17.9 Å². The van der Waals surface area contributed by atoms with Crippen LogP contribution in [0.1, 0.15) is 61.1 Å². The van der Waals surface area contributed by atoms with Gasteiger partial charge in [-0.15, -0.1) is 0 Å². The van der Waals surface area contributed by atoms with Gasteiger partial charge in [-0.1, -0.05) is 30.2 Å². The zero-order chi connectivity index (χ0) is 24.6. The Bertz CT molecular complexity index is 1130. The number of hydrogen-bond acceptors (Lipinski definition) is 5. The Kier molecular flexibility index (Phi) is 6.67. The quantitative estimate of drug-likeness (QED) is 0.542. The minimum atomic E-state index is -1.04. The molecule has 0 amide bonds. The summed E-state index contributed by atoms with van der Waals surface area (Å²) in [6.07, 6.45) is 6.61. The van der Waals surface area contributed by atoms with Gasteiger partial charge in [-0.05, 0) is 79.0 Å². The highest BCUT2D eigenvalue weighted by Gasteiger charge is 2.42. The van der Waals surface area contributed by atoms with Crippen LogP contribution < -0.4 is 9.64 Å². The molecule has 0 saturated heterocycles. The number of fused-ring (bicyclic) bond motifs is 3. The summed E-state index contributed by atoms with van der Waals surface area (Å²) in [6, 6.07) is 11.8. The number of nitrogens with zero attached hydrogens (tertiary/aromatic N) is 1. The topological polar surface area (TPSA) is 76.1 Å². The number of carboxylic acids is 1. The van der Waals surface area contributed by atoms with E-state index in [1.54, 1.807) is 6.07 Å². The Hall–Kier alpha value is -2.73. The molecule has 1 spiro atoms. The molecule has 0 aromatic heterocycles. The summed E-state index contributed by atoms with van der Waals surface area (Å²) < 4.78 is 11.2. The molecule has 1 fully saturated rings. The fourth-order valence-corrected chi connectivity index (χ4v) is 6.13. The normalized spacial score (nSPS) is 22.3. The van der Waals surface area contributed by atoms with E-state index >= 15 is 0 Å². The van der Waals surface area contributed by atoms with E-state index in [0.29, 0.717) is 18.1 Å². The number of benzene rings is 2. The Balaban J connectivity index is 1.54. The fraction of sp³-hybridized carbons (Fsp3) is 0.500. The lowest BCUT2D eigenvalue weighted by atomic mass is 9.70. The van der Waals surface area contributed by atoms with Crippen molar-refractivity contribution < 1.29 is 24.2 Å². The zero-order valence-corrected chi connectivity index (χ0v) is 20.9. The zero-order valence-electron chi connectivity index (χ0n) is 20.1. The van der Waals surface area contributed by atoms with Gasteiger partial charge in [0.15, 0.2) is 0 Å². The van der Waals surface area contributed by atoms with Crippen LogP contribution in [0, 0.1) is 5.92 Å². The summed E-state index contributed by atoms with van der Waals surface area (Å²) in [7, 11) is 1.28. The van der Waals surface area contributed by atoms with Gasteiger partial charge >= 0.3 is 11.9 Å². The maximum Gasteiger partial charge on any atom is 0.311 e. The van der Waals surface area contributed by atoms with Crippen LogP contribution in [0.15, 0.2) is 36.4 Å². The number of rotatable bonds is 6. The third kappa shape index (κ3) is 4.73. The molecule has 2 atom stereocenters.